The van der Waals surface area contributed by atoms with Crippen LogP contribution in [0.25, 0.3) is 0 Å². The highest BCUT2D eigenvalue weighted by molar-refractivity contribution is 14.0. The molecule has 0 radical (unpaired) electrons. The molecular formula is C20H40IN5O3. The number of aliphatic imine (C=N–C) groups is 1. The van der Waals surface area contributed by atoms with Crippen LogP contribution in [-0.4, -0.2) is 101 Å². The van der Waals surface area contributed by atoms with Gasteiger partial charge >= 0.3 is 0 Å². The SMILES string of the molecule is CCNC(=NCC1(CCOCC)CC1)N1CCN(CC(=O)NCCOC)CC1.I. The van der Waals surface area contributed by atoms with Gasteiger partial charge in [0.1, 0.15) is 0 Å². The molecular weight excluding hydrogens is 485 g/mol. The molecule has 2 rings (SSSR count). The first-order chi connectivity index (χ1) is 13.6. The number of halogens is 1. The Hall–Kier alpha value is -0.650. The summed E-state index contributed by atoms with van der Waals surface area (Å²) < 4.78 is 10.5. The Balaban J connectivity index is 0.00000420. The lowest BCUT2D eigenvalue weighted by Crippen LogP contribution is -2.54. The van der Waals surface area contributed by atoms with E-state index in [9.17, 15) is 4.79 Å². The molecule has 0 aromatic heterocycles. The van der Waals surface area contributed by atoms with E-state index >= 15 is 0 Å². The Morgan fingerprint density at radius 1 is 1.10 bits per heavy atom. The number of rotatable bonds is 12. The maximum Gasteiger partial charge on any atom is 0.234 e. The van der Waals surface area contributed by atoms with Crippen molar-refractivity contribution in [3.8, 4) is 0 Å². The summed E-state index contributed by atoms with van der Waals surface area (Å²) in [6.45, 7) is 12.6. The lowest BCUT2D eigenvalue weighted by Gasteiger charge is -2.36. The third-order valence-corrected chi connectivity index (χ3v) is 5.50. The van der Waals surface area contributed by atoms with Crippen LogP contribution in [0.1, 0.15) is 33.1 Å². The second-order valence-electron chi connectivity index (χ2n) is 7.72. The number of methoxy groups -OCH3 is 1. The maximum atomic E-state index is 12.0. The monoisotopic (exact) mass is 525 g/mol. The molecule has 1 aliphatic heterocycles. The molecule has 0 atom stereocenters. The number of nitrogens with zero attached hydrogens (tertiary/aromatic N) is 3. The molecule has 0 spiro atoms. The summed E-state index contributed by atoms with van der Waals surface area (Å²) in [4.78, 5) is 21.4. The van der Waals surface area contributed by atoms with Crippen LogP contribution in [0.3, 0.4) is 0 Å². The van der Waals surface area contributed by atoms with Crippen molar-refractivity contribution in [1.29, 1.82) is 0 Å². The van der Waals surface area contributed by atoms with E-state index in [-0.39, 0.29) is 29.9 Å². The number of piperazine rings is 1. The Morgan fingerprint density at radius 2 is 1.83 bits per heavy atom. The van der Waals surface area contributed by atoms with Crippen molar-refractivity contribution in [1.82, 2.24) is 20.4 Å². The molecule has 0 unspecified atom stereocenters. The number of guanidine groups is 1. The molecule has 2 aliphatic rings. The highest BCUT2D eigenvalue weighted by Gasteiger charge is 2.42. The third-order valence-electron chi connectivity index (χ3n) is 5.50. The molecule has 2 fully saturated rings. The summed E-state index contributed by atoms with van der Waals surface area (Å²) in [5.41, 5.74) is 0.359. The number of hydrogen-bond acceptors (Lipinski definition) is 5. The van der Waals surface area contributed by atoms with Gasteiger partial charge in [0.2, 0.25) is 5.91 Å². The molecule has 170 valence electrons. The number of nitrogens with one attached hydrogen (secondary N) is 2. The normalized spacial score (nSPS) is 18.9. The second kappa shape index (κ2) is 14.4. The van der Waals surface area contributed by atoms with Gasteiger partial charge in [-0.1, -0.05) is 0 Å². The number of hydrogen-bond donors (Lipinski definition) is 2. The molecule has 0 bridgehead atoms. The summed E-state index contributed by atoms with van der Waals surface area (Å²) in [5, 5.41) is 6.33. The zero-order chi connectivity index (χ0) is 20.2. The molecule has 29 heavy (non-hydrogen) atoms. The van der Waals surface area contributed by atoms with Crippen molar-refractivity contribution in [3.05, 3.63) is 0 Å². The second-order valence-corrected chi connectivity index (χ2v) is 7.72. The van der Waals surface area contributed by atoms with E-state index in [1.165, 1.54) is 12.8 Å². The molecule has 9 heteroatoms. The van der Waals surface area contributed by atoms with Gasteiger partial charge in [-0.2, -0.15) is 0 Å². The van der Waals surface area contributed by atoms with Crippen LogP contribution in [0.2, 0.25) is 0 Å². The van der Waals surface area contributed by atoms with Gasteiger partial charge in [0.05, 0.1) is 13.2 Å². The molecule has 2 N–H and O–H groups in total. The third kappa shape index (κ3) is 9.80. The predicted octanol–water partition coefficient (Wildman–Crippen LogP) is 1.16. The highest BCUT2D eigenvalue weighted by Crippen LogP contribution is 2.49. The number of amides is 1. The summed E-state index contributed by atoms with van der Waals surface area (Å²) in [5.74, 6) is 1.07. The minimum absolute atomic E-state index is 0. The maximum absolute atomic E-state index is 12.0. The standard InChI is InChI=1S/C20H39N5O3.HI/c1-4-21-19(23-17-20(6-7-20)8-14-28-5-2)25-12-10-24(11-13-25)16-18(26)22-9-15-27-3;/h4-17H2,1-3H3,(H,21,23)(H,22,26);1H. The summed E-state index contributed by atoms with van der Waals surface area (Å²) in [6, 6.07) is 0. The molecule has 8 nitrogen and oxygen atoms in total. The largest absolute Gasteiger partial charge is 0.383 e. The van der Waals surface area contributed by atoms with Gasteiger partial charge in [0, 0.05) is 66.1 Å². The Kier molecular flexibility index (Phi) is 13.1. The first-order valence-corrected chi connectivity index (χ1v) is 10.7. The fraction of sp³-hybridized carbons (Fsp3) is 0.900. The lowest BCUT2D eigenvalue weighted by molar-refractivity contribution is -0.122. The number of carbonyl (C=O) groups excluding carboxylic acids is 1. The van der Waals surface area contributed by atoms with Crippen LogP contribution in [0, 0.1) is 5.41 Å². The van der Waals surface area contributed by atoms with Crippen LogP contribution in [0.4, 0.5) is 0 Å². The lowest BCUT2D eigenvalue weighted by atomic mass is 10.0. The van der Waals surface area contributed by atoms with E-state index in [1.54, 1.807) is 7.11 Å². The molecule has 0 aromatic carbocycles. The fourth-order valence-corrected chi connectivity index (χ4v) is 3.43. The van der Waals surface area contributed by atoms with Crippen LogP contribution in [0.15, 0.2) is 4.99 Å². The molecule has 1 saturated carbocycles. The predicted molar refractivity (Wildman–Crippen MR) is 127 cm³/mol. The van der Waals surface area contributed by atoms with E-state index in [4.69, 9.17) is 14.5 Å². The first-order valence-electron chi connectivity index (χ1n) is 10.7. The van der Waals surface area contributed by atoms with Crippen molar-refractivity contribution in [2.75, 3.05) is 79.3 Å². The smallest absolute Gasteiger partial charge is 0.234 e. The van der Waals surface area contributed by atoms with Gasteiger partial charge in [-0.25, -0.2) is 0 Å². The van der Waals surface area contributed by atoms with Crippen molar-refractivity contribution >= 4 is 35.8 Å². The summed E-state index contributed by atoms with van der Waals surface area (Å²) in [6.07, 6.45) is 3.62. The number of carbonyl (C=O) groups is 1. The van der Waals surface area contributed by atoms with E-state index in [0.717, 1.165) is 64.9 Å². The van der Waals surface area contributed by atoms with Crippen LogP contribution in [0.5, 0.6) is 0 Å². The van der Waals surface area contributed by atoms with Crippen molar-refractivity contribution < 1.29 is 14.3 Å². The molecule has 1 saturated heterocycles. The minimum Gasteiger partial charge on any atom is -0.383 e. The van der Waals surface area contributed by atoms with Gasteiger partial charge in [-0.05, 0) is 38.5 Å². The van der Waals surface area contributed by atoms with E-state index in [2.05, 4.69) is 27.4 Å². The van der Waals surface area contributed by atoms with E-state index in [0.29, 0.717) is 25.1 Å². The van der Waals surface area contributed by atoms with Crippen molar-refractivity contribution in [2.24, 2.45) is 10.4 Å². The van der Waals surface area contributed by atoms with Gasteiger partial charge in [-0.15, -0.1) is 24.0 Å². The average molecular weight is 525 g/mol. The van der Waals surface area contributed by atoms with Crippen molar-refractivity contribution in [3.63, 3.8) is 0 Å². The summed E-state index contributed by atoms with van der Waals surface area (Å²) >= 11 is 0. The highest BCUT2D eigenvalue weighted by atomic mass is 127. The molecule has 0 aromatic rings. The average Bonchev–Trinajstić information content (AvgIpc) is 3.46. The quantitative estimate of drug-likeness (QED) is 0.172. The van der Waals surface area contributed by atoms with E-state index < -0.39 is 0 Å². The van der Waals surface area contributed by atoms with Crippen LogP contribution < -0.4 is 10.6 Å². The van der Waals surface area contributed by atoms with E-state index in [1.807, 2.05) is 6.92 Å². The van der Waals surface area contributed by atoms with Crippen LogP contribution in [-0.2, 0) is 14.3 Å². The van der Waals surface area contributed by atoms with Crippen LogP contribution >= 0.6 is 24.0 Å². The van der Waals surface area contributed by atoms with Crippen molar-refractivity contribution in [2.45, 2.75) is 33.1 Å². The zero-order valence-corrected chi connectivity index (χ0v) is 20.7. The first kappa shape index (κ1) is 26.4. The van der Waals surface area contributed by atoms with Gasteiger partial charge in [-0.3, -0.25) is 14.7 Å². The topological polar surface area (TPSA) is 78.4 Å². The molecule has 1 aliphatic carbocycles. The zero-order valence-electron chi connectivity index (χ0n) is 18.4. The van der Waals surface area contributed by atoms with Gasteiger partial charge in [0.15, 0.2) is 5.96 Å². The summed E-state index contributed by atoms with van der Waals surface area (Å²) in [7, 11) is 1.64. The fourth-order valence-electron chi connectivity index (χ4n) is 3.43. The molecule has 1 heterocycles. The van der Waals surface area contributed by atoms with Gasteiger partial charge in [0.25, 0.3) is 0 Å². The Bertz CT molecular complexity index is 495. The Labute approximate surface area is 193 Å². The molecule has 1 amide bonds. The Morgan fingerprint density at radius 3 is 2.41 bits per heavy atom. The number of ether oxygens (including phenoxy) is 2. The minimum atomic E-state index is 0. The van der Waals surface area contributed by atoms with Gasteiger partial charge < -0.3 is 25.0 Å².